The van der Waals surface area contributed by atoms with Crippen molar-refractivity contribution in [3.63, 3.8) is 0 Å². The average Bonchev–Trinajstić information content (AvgIpc) is 2.24. The maximum absolute atomic E-state index is 13.3. The summed E-state index contributed by atoms with van der Waals surface area (Å²) >= 11 is 0. The Balaban J connectivity index is 3.39. The minimum absolute atomic E-state index is 0.461. The molecule has 0 N–H and O–H groups in total. The molecule has 0 aliphatic rings. The summed E-state index contributed by atoms with van der Waals surface area (Å²) in [5.41, 5.74) is 0. The van der Waals surface area contributed by atoms with Crippen molar-refractivity contribution < 1.29 is 22.0 Å². The molecular formula is C10H11F5P+. The molecule has 0 amide bonds. The van der Waals surface area contributed by atoms with Crippen LogP contribution in [0.2, 0.25) is 0 Å². The number of hydrogen-bond donors (Lipinski definition) is 0. The van der Waals surface area contributed by atoms with E-state index in [1.54, 1.807) is 6.92 Å². The van der Waals surface area contributed by atoms with Crippen molar-refractivity contribution >= 4 is 13.2 Å². The number of rotatable bonds is 3. The Morgan fingerprint density at radius 1 is 0.812 bits per heavy atom. The molecule has 0 aliphatic heterocycles. The molecule has 0 saturated carbocycles. The normalized spacial score (nSPS) is 12.9. The third-order valence-corrected chi connectivity index (χ3v) is 4.80. The quantitative estimate of drug-likeness (QED) is 0.337. The highest BCUT2D eigenvalue weighted by Crippen LogP contribution is 2.34. The molecule has 16 heavy (non-hydrogen) atoms. The van der Waals surface area contributed by atoms with Crippen molar-refractivity contribution in [1.82, 2.24) is 0 Å². The topological polar surface area (TPSA) is 0 Å². The van der Waals surface area contributed by atoms with Crippen LogP contribution in [0.3, 0.4) is 0 Å². The molecule has 1 aromatic rings. The van der Waals surface area contributed by atoms with E-state index in [-0.39, 0.29) is 0 Å². The van der Waals surface area contributed by atoms with Gasteiger partial charge in [-0.25, -0.2) is 13.2 Å². The lowest BCUT2D eigenvalue weighted by Crippen LogP contribution is -2.19. The Bertz CT molecular complexity index is 376. The summed E-state index contributed by atoms with van der Waals surface area (Å²) in [5, 5.41) is -0.622. The Morgan fingerprint density at radius 3 is 1.56 bits per heavy atom. The molecule has 0 aromatic heterocycles. The molecule has 0 spiro atoms. The average molecular weight is 257 g/mol. The fourth-order valence-electron chi connectivity index (χ4n) is 1.48. The van der Waals surface area contributed by atoms with Gasteiger partial charge in [0, 0.05) is 7.92 Å². The Hall–Kier alpha value is -0.700. The lowest BCUT2D eigenvalue weighted by atomic mass is 10.3. The van der Waals surface area contributed by atoms with Gasteiger partial charge in [0.1, 0.15) is 0 Å². The smallest absolute Gasteiger partial charge is 0.200 e. The van der Waals surface area contributed by atoms with Gasteiger partial charge < -0.3 is 0 Å². The van der Waals surface area contributed by atoms with Crippen LogP contribution in [0, 0.1) is 29.1 Å². The zero-order chi connectivity index (χ0) is 12.5. The van der Waals surface area contributed by atoms with Crippen molar-refractivity contribution in [2.24, 2.45) is 0 Å². The lowest BCUT2D eigenvalue weighted by molar-refractivity contribution is 0.384. The van der Waals surface area contributed by atoms with Crippen molar-refractivity contribution in [2.45, 2.75) is 13.3 Å². The van der Waals surface area contributed by atoms with Gasteiger partial charge in [0.25, 0.3) is 0 Å². The fourth-order valence-corrected chi connectivity index (χ4v) is 3.45. The summed E-state index contributed by atoms with van der Waals surface area (Å²) in [6.45, 7) is 3.33. The molecule has 0 aliphatic carbocycles. The molecule has 1 atom stereocenters. The lowest BCUT2D eigenvalue weighted by Gasteiger charge is -2.08. The van der Waals surface area contributed by atoms with Crippen LogP contribution in [-0.4, -0.2) is 12.8 Å². The first-order valence-electron chi connectivity index (χ1n) is 4.76. The number of hydrogen-bond acceptors (Lipinski definition) is 0. The standard InChI is InChI=1S/C10H10F5P/c1-3-4-16(2)10-8(14)6(12)5(11)7(13)9(10)15/h3-4H2,1-2H3/p+1. The van der Waals surface area contributed by atoms with Crippen LogP contribution in [0.5, 0.6) is 0 Å². The van der Waals surface area contributed by atoms with Crippen molar-refractivity contribution in [3.8, 4) is 0 Å². The first-order chi connectivity index (χ1) is 7.41. The van der Waals surface area contributed by atoms with Gasteiger partial charge in [0.15, 0.2) is 5.30 Å². The van der Waals surface area contributed by atoms with E-state index in [1.165, 1.54) is 6.66 Å². The molecule has 0 nitrogen and oxygen atoms in total. The summed E-state index contributed by atoms with van der Waals surface area (Å²) in [7, 11) is -1.74. The SMILES string of the molecule is CCC[PH+](C)c1c(F)c(F)c(F)c(F)c1F. The van der Waals surface area contributed by atoms with Gasteiger partial charge in [-0.15, -0.1) is 0 Å². The van der Waals surface area contributed by atoms with E-state index >= 15 is 0 Å². The molecule has 0 heterocycles. The van der Waals surface area contributed by atoms with Crippen LogP contribution in [-0.2, 0) is 0 Å². The fraction of sp³-hybridized carbons (Fsp3) is 0.400. The minimum atomic E-state index is -2.09. The highest BCUT2D eigenvalue weighted by molar-refractivity contribution is 7.64. The zero-order valence-electron chi connectivity index (χ0n) is 8.80. The summed E-state index contributed by atoms with van der Waals surface area (Å²) in [5.74, 6) is -9.16. The molecule has 0 radical (unpaired) electrons. The molecule has 0 fully saturated rings. The Labute approximate surface area is 91.2 Å². The monoisotopic (exact) mass is 257 g/mol. The largest absolute Gasteiger partial charge is 0.206 e. The molecule has 1 rings (SSSR count). The van der Waals surface area contributed by atoms with Crippen LogP contribution in [0.4, 0.5) is 22.0 Å². The zero-order valence-corrected chi connectivity index (χ0v) is 9.80. The summed E-state index contributed by atoms with van der Waals surface area (Å²) in [6.07, 6.45) is 1.10. The van der Waals surface area contributed by atoms with Crippen LogP contribution in [0.15, 0.2) is 0 Å². The maximum Gasteiger partial charge on any atom is 0.206 e. The number of halogens is 5. The Morgan fingerprint density at radius 2 is 1.19 bits per heavy atom. The summed E-state index contributed by atoms with van der Waals surface area (Å²) < 4.78 is 65.0. The van der Waals surface area contributed by atoms with Gasteiger partial charge in [-0.3, -0.25) is 0 Å². The first-order valence-corrected chi connectivity index (χ1v) is 6.96. The molecule has 1 aromatic carbocycles. The van der Waals surface area contributed by atoms with E-state index in [0.717, 1.165) is 0 Å². The molecule has 0 bridgehead atoms. The molecule has 6 heteroatoms. The van der Waals surface area contributed by atoms with Crippen LogP contribution < -0.4 is 5.30 Å². The molecule has 1 unspecified atom stereocenters. The van der Waals surface area contributed by atoms with E-state index < -0.39 is 42.3 Å². The van der Waals surface area contributed by atoms with Gasteiger partial charge in [-0.05, 0) is 6.42 Å². The summed E-state index contributed by atoms with van der Waals surface area (Å²) in [6, 6.07) is 0. The second-order valence-electron chi connectivity index (χ2n) is 3.48. The van der Waals surface area contributed by atoms with Crippen molar-refractivity contribution in [2.75, 3.05) is 12.8 Å². The third kappa shape index (κ3) is 2.19. The predicted molar refractivity (Wildman–Crippen MR) is 55.3 cm³/mol. The van der Waals surface area contributed by atoms with E-state index in [0.29, 0.717) is 12.6 Å². The maximum atomic E-state index is 13.3. The second-order valence-corrected chi connectivity index (χ2v) is 6.04. The summed E-state index contributed by atoms with van der Waals surface area (Å²) in [4.78, 5) is 0. The molecule has 90 valence electrons. The van der Waals surface area contributed by atoms with Crippen LogP contribution in [0.25, 0.3) is 0 Å². The van der Waals surface area contributed by atoms with Crippen molar-refractivity contribution in [1.29, 1.82) is 0 Å². The van der Waals surface area contributed by atoms with Gasteiger partial charge in [0.2, 0.25) is 29.1 Å². The third-order valence-electron chi connectivity index (χ3n) is 2.26. The minimum Gasteiger partial charge on any atom is -0.200 e. The van der Waals surface area contributed by atoms with E-state index in [4.69, 9.17) is 0 Å². The van der Waals surface area contributed by atoms with Crippen LogP contribution >= 0.6 is 7.92 Å². The van der Waals surface area contributed by atoms with Gasteiger partial charge in [0.05, 0.1) is 12.8 Å². The predicted octanol–water partition coefficient (Wildman–Crippen LogP) is 3.26. The van der Waals surface area contributed by atoms with Gasteiger partial charge in [-0.2, -0.15) is 8.78 Å². The number of benzene rings is 1. The van der Waals surface area contributed by atoms with Gasteiger partial charge in [-0.1, -0.05) is 6.92 Å². The highest BCUT2D eigenvalue weighted by atomic mass is 31.1. The van der Waals surface area contributed by atoms with E-state index in [1.807, 2.05) is 0 Å². The van der Waals surface area contributed by atoms with Crippen molar-refractivity contribution in [3.05, 3.63) is 29.1 Å². The first kappa shape index (κ1) is 13.4. The second kappa shape index (κ2) is 5.09. The molecular weight excluding hydrogens is 246 g/mol. The molecule has 0 saturated heterocycles. The van der Waals surface area contributed by atoms with Gasteiger partial charge >= 0.3 is 0 Å². The van der Waals surface area contributed by atoms with Crippen LogP contribution in [0.1, 0.15) is 13.3 Å². The van der Waals surface area contributed by atoms with E-state index in [9.17, 15) is 22.0 Å². The Kier molecular flexibility index (Phi) is 4.25. The van der Waals surface area contributed by atoms with E-state index in [2.05, 4.69) is 0 Å². The highest BCUT2D eigenvalue weighted by Gasteiger charge is 2.32.